The van der Waals surface area contributed by atoms with Crippen LogP contribution in [0, 0.1) is 11.8 Å². The zero-order valence-corrected chi connectivity index (χ0v) is 19.8. The van der Waals surface area contributed by atoms with E-state index in [1.165, 1.54) is 23.7 Å². The van der Waals surface area contributed by atoms with E-state index in [4.69, 9.17) is 0 Å². The fourth-order valence-electron chi connectivity index (χ4n) is 5.07. The summed E-state index contributed by atoms with van der Waals surface area (Å²) >= 11 is 0. The van der Waals surface area contributed by atoms with Gasteiger partial charge in [0.15, 0.2) is 5.82 Å². The number of aromatic amines is 1. The van der Waals surface area contributed by atoms with Crippen molar-refractivity contribution in [1.82, 2.24) is 35.0 Å². The Balaban J connectivity index is 1.29. The van der Waals surface area contributed by atoms with Crippen LogP contribution in [0.1, 0.15) is 55.8 Å². The summed E-state index contributed by atoms with van der Waals surface area (Å²) in [5.41, 5.74) is 3.49. The number of carbonyl (C=O) groups excluding carboxylic acids is 1. The molecule has 0 atom stereocenters. The lowest BCUT2D eigenvalue weighted by Crippen LogP contribution is -2.35. The van der Waals surface area contributed by atoms with Crippen molar-refractivity contribution < 1.29 is 4.79 Å². The number of benzene rings is 2. The highest BCUT2D eigenvalue weighted by Gasteiger charge is 2.28. The highest BCUT2D eigenvalue weighted by molar-refractivity contribution is 5.81. The zero-order chi connectivity index (χ0) is 24.2. The first-order valence-corrected chi connectivity index (χ1v) is 12.2. The van der Waals surface area contributed by atoms with Crippen LogP contribution in [-0.2, 0) is 6.54 Å². The number of nitrogens with one attached hydrogen (secondary N) is 1. The summed E-state index contributed by atoms with van der Waals surface area (Å²) in [5.74, 6) is 1.04. The van der Waals surface area contributed by atoms with Gasteiger partial charge in [0.2, 0.25) is 0 Å². The number of nitrogens with zero attached hydrogens (tertiary/aromatic N) is 6. The fraction of sp³-hybridized carbons (Fsp3) is 0.385. The van der Waals surface area contributed by atoms with Crippen molar-refractivity contribution in [2.24, 2.45) is 11.8 Å². The second-order valence-electron chi connectivity index (χ2n) is 9.29. The first kappa shape index (κ1) is 22.9. The van der Waals surface area contributed by atoms with Crippen molar-refractivity contribution in [1.29, 1.82) is 0 Å². The van der Waals surface area contributed by atoms with Crippen molar-refractivity contribution in [2.45, 2.75) is 52.0 Å². The summed E-state index contributed by atoms with van der Waals surface area (Å²) in [7, 11) is 0. The summed E-state index contributed by atoms with van der Waals surface area (Å²) < 4.78 is 2.55. The van der Waals surface area contributed by atoms with E-state index in [-0.39, 0.29) is 17.5 Å². The standard InChI is InChI=1S/C26H29N7O2/c1-2-5-18-8-14-21(15-9-18)25(34)33-26(35)32(17-27-33)16-19-10-12-20(13-11-19)22-6-3-4-7-23(22)24-28-30-31-29-24/h3-4,6-7,10-13,17-18,21H,2,5,8-9,14-16H2,1H3,(H,28,29,30,31). The van der Waals surface area contributed by atoms with Crippen molar-refractivity contribution in [3.63, 3.8) is 0 Å². The molecule has 0 aliphatic heterocycles. The van der Waals surface area contributed by atoms with Crippen molar-refractivity contribution >= 4 is 5.91 Å². The van der Waals surface area contributed by atoms with Gasteiger partial charge in [0.05, 0.1) is 6.54 Å². The van der Waals surface area contributed by atoms with Gasteiger partial charge < -0.3 is 0 Å². The minimum atomic E-state index is -0.377. The lowest BCUT2D eigenvalue weighted by atomic mass is 9.80. The Bertz CT molecular complexity index is 1330. The first-order valence-electron chi connectivity index (χ1n) is 12.2. The number of rotatable bonds is 7. The zero-order valence-electron chi connectivity index (χ0n) is 19.8. The van der Waals surface area contributed by atoms with E-state index < -0.39 is 0 Å². The Kier molecular flexibility index (Phi) is 6.65. The monoisotopic (exact) mass is 471 g/mol. The number of aromatic nitrogens is 7. The largest absolute Gasteiger partial charge is 0.353 e. The average Bonchev–Trinajstić information content (AvgIpc) is 3.56. The molecule has 0 unspecified atom stereocenters. The second-order valence-corrected chi connectivity index (χ2v) is 9.29. The molecule has 4 aromatic rings. The molecule has 0 amide bonds. The Morgan fingerprint density at radius 3 is 2.46 bits per heavy atom. The van der Waals surface area contributed by atoms with Crippen LogP contribution >= 0.6 is 0 Å². The summed E-state index contributed by atoms with van der Waals surface area (Å²) in [6.07, 6.45) is 7.66. The van der Waals surface area contributed by atoms with Crippen LogP contribution in [0.2, 0.25) is 0 Å². The Hall–Kier alpha value is -3.88. The van der Waals surface area contributed by atoms with Crippen LogP contribution in [0.4, 0.5) is 0 Å². The summed E-state index contributed by atoms with van der Waals surface area (Å²) in [4.78, 5) is 25.9. The molecule has 1 saturated carbocycles. The molecule has 0 bridgehead atoms. The molecule has 1 fully saturated rings. The molecule has 2 aromatic heterocycles. The Morgan fingerprint density at radius 2 is 1.77 bits per heavy atom. The lowest BCUT2D eigenvalue weighted by Gasteiger charge is -2.26. The third kappa shape index (κ3) is 4.84. The number of hydrogen-bond donors (Lipinski definition) is 1. The summed E-state index contributed by atoms with van der Waals surface area (Å²) in [6.45, 7) is 2.55. The van der Waals surface area contributed by atoms with Gasteiger partial charge in [-0.25, -0.2) is 9.89 Å². The number of tetrazole rings is 1. The van der Waals surface area contributed by atoms with Crippen LogP contribution in [0.25, 0.3) is 22.5 Å². The van der Waals surface area contributed by atoms with E-state index in [1.54, 1.807) is 0 Å². The Labute approximate surface area is 203 Å². The van der Waals surface area contributed by atoms with Gasteiger partial charge in [-0.2, -0.15) is 5.10 Å². The minimum absolute atomic E-state index is 0.108. The minimum Gasteiger partial charge on any atom is -0.277 e. The van der Waals surface area contributed by atoms with E-state index in [1.807, 2.05) is 48.5 Å². The van der Waals surface area contributed by atoms with Gasteiger partial charge in [-0.3, -0.25) is 9.36 Å². The number of hydrogen-bond acceptors (Lipinski definition) is 6. The quantitative estimate of drug-likeness (QED) is 0.433. The highest BCUT2D eigenvalue weighted by atomic mass is 16.2. The van der Waals surface area contributed by atoms with Gasteiger partial charge in [-0.15, -0.1) is 9.78 Å². The highest BCUT2D eigenvalue weighted by Crippen LogP contribution is 2.32. The summed E-state index contributed by atoms with van der Waals surface area (Å²) in [6, 6.07) is 15.9. The molecule has 1 aliphatic rings. The van der Waals surface area contributed by atoms with E-state index in [9.17, 15) is 9.59 Å². The summed E-state index contributed by atoms with van der Waals surface area (Å²) in [5, 5.41) is 18.3. The Morgan fingerprint density at radius 1 is 1.03 bits per heavy atom. The molecule has 2 heterocycles. The molecule has 0 spiro atoms. The van der Waals surface area contributed by atoms with E-state index in [0.717, 1.165) is 52.6 Å². The predicted molar refractivity (Wildman–Crippen MR) is 132 cm³/mol. The fourth-order valence-corrected chi connectivity index (χ4v) is 5.07. The lowest BCUT2D eigenvalue weighted by molar-refractivity contribution is 0.0758. The third-order valence-electron chi connectivity index (χ3n) is 6.98. The van der Waals surface area contributed by atoms with Crippen molar-refractivity contribution in [2.75, 3.05) is 0 Å². The molecule has 1 aliphatic carbocycles. The predicted octanol–water partition coefficient (Wildman–Crippen LogP) is 4.19. The molecule has 180 valence electrons. The van der Waals surface area contributed by atoms with Gasteiger partial charge in [0, 0.05) is 11.5 Å². The van der Waals surface area contributed by atoms with E-state index in [0.29, 0.717) is 18.3 Å². The average molecular weight is 472 g/mol. The van der Waals surface area contributed by atoms with Gasteiger partial charge >= 0.3 is 5.69 Å². The van der Waals surface area contributed by atoms with Gasteiger partial charge in [0.1, 0.15) is 6.33 Å². The number of H-pyrrole nitrogens is 1. The van der Waals surface area contributed by atoms with E-state index in [2.05, 4.69) is 32.6 Å². The molecule has 9 heteroatoms. The van der Waals surface area contributed by atoms with Gasteiger partial charge in [-0.05, 0) is 58.7 Å². The first-order chi connectivity index (χ1) is 17.1. The maximum atomic E-state index is 13.0. The molecule has 1 N–H and O–H groups in total. The number of carbonyl (C=O) groups is 1. The van der Waals surface area contributed by atoms with Crippen molar-refractivity contribution in [3.05, 3.63) is 70.9 Å². The van der Waals surface area contributed by atoms with Gasteiger partial charge in [0.25, 0.3) is 5.91 Å². The van der Waals surface area contributed by atoms with Crippen LogP contribution in [0.5, 0.6) is 0 Å². The smallest absolute Gasteiger partial charge is 0.277 e. The van der Waals surface area contributed by atoms with Crippen molar-refractivity contribution in [3.8, 4) is 22.5 Å². The van der Waals surface area contributed by atoms with Gasteiger partial charge in [-0.1, -0.05) is 68.3 Å². The molecule has 5 rings (SSSR count). The molecule has 0 saturated heterocycles. The maximum absolute atomic E-state index is 13.0. The molecule has 9 nitrogen and oxygen atoms in total. The molecular weight excluding hydrogens is 442 g/mol. The normalized spacial score (nSPS) is 18.0. The molecular formula is C26H29N7O2. The second kappa shape index (κ2) is 10.2. The third-order valence-corrected chi connectivity index (χ3v) is 6.98. The molecule has 35 heavy (non-hydrogen) atoms. The van der Waals surface area contributed by atoms with Crippen LogP contribution < -0.4 is 5.69 Å². The topological polar surface area (TPSA) is 111 Å². The maximum Gasteiger partial charge on any atom is 0.353 e. The SMILES string of the molecule is CCCC1CCC(C(=O)n2ncn(Cc3ccc(-c4ccccc4-c4nnn[nH]4)cc3)c2=O)CC1. The van der Waals surface area contributed by atoms with Crippen LogP contribution in [-0.4, -0.2) is 40.9 Å². The molecule has 0 radical (unpaired) electrons. The van der Waals surface area contributed by atoms with Crippen LogP contribution in [0.3, 0.4) is 0 Å². The van der Waals surface area contributed by atoms with Crippen LogP contribution in [0.15, 0.2) is 59.7 Å². The van der Waals surface area contributed by atoms with E-state index >= 15 is 0 Å². The molecule has 2 aromatic carbocycles.